The zero-order valence-electron chi connectivity index (χ0n) is 16.1. The summed E-state index contributed by atoms with van der Waals surface area (Å²) in [5, 5.41) is 3.08. The van der Waals surface area contributed by atoms with Crippen molar-refractivity contribution < 1.29 is 9.18 Å². The van der Waals surface area contributed by atoms with E-state index in [9.17, 15) is 9.18 Å². The van der Waals surface area contributed by atoms with Crippen LogP contribution in [-0.2, 0) is 17.9 Å². The van der Waals surface area contributed by atoms with Crippen LogP contribution in [0.1, 0.15) is 24.0 Å². The summed E-state index contributed by atoms with van der Waals surface area (Å²) in [5.74, 6) is -0.0796. The third-order valence-electron chi connectivity index (χ3n) is 5.12. The maximum atomic E-state index is 13.1. The lowest BCUT2D eigenvalue weighted by Crippen LogP contribution is -2.42. The van der Waals surface area contributed by atoms with E-state index in [0.717, 1.165) is 49.3 Å². The Kier molecular flexibility index (Phi) is 6.45. The Morgan fingerprint density at radius 1 is 1.11 bits per heavy atom. The highest BCUT2D eigenvalue weighted by molar-refractivity contribution is 5.79. The van der Waals surface area contributed by atoms with Gasteiger partial charge in [-0.3, -0.25) is 9.69 Å². The number of piperidine rings is 1. The number of hydrogen-bond acceptors (Lipinski definition) is 3. The smallest absolute Gasteiger partial charge is 0.224 e. The van der Waals surface area contributed by atoms with E-state index >= 15 is 0 Å². The number of benzene rings is 2. The summed E-state index contributed by atoms with van der Waals surface area (Å²) >= 11 is 0. The van der Waals surface area contributed by atoms with Crippen molar-refractivity contribution in [3.8, 4) is 0 Å². The van der Waals surface area contributed by atoms with Crippen LogP contribution in [0.15, 0.2) is 48.5 Å². The van der Waals surface area contributed by atoms with E-state index in [1.807, 2.05) is 26.2 Å². The lowest BCUT2D eigenvalue weighted by atomic mass is 9.96. The second-order valence-electron chi connectivity index (χ2n) is 7.48. The Balaban J connectivity index is 1.49. The van der Waals surface area contributed by atoms with Gasteiger partial charge in [-0.05, 0) is 54.8 Å². The highest BCUT2D eigenvalue weighted by Crippen LogP contribution is 2.19. The average Bonchev–Trinajstić information content (AvgIpc) is 2.68. The summed E-state index contributed by atoms with van der Waals surface area (Å²) in [6.07, 6.45) is 1.93. The molecule has 1 aliphatic heterocycles. The van der Waals surface area contributed by atoms with E-state index in [4.69, 9.17) is 0 Å². The van der Waals surface area contributed by atoms with Crippen molar-refractivity contribution in [3.63, 3.8) is 0 Å². The lowest BCUT2D eigenvalue weighted by Gasteiger charge is -2.32. The van der Waals surface area contributed by atoms with Crippen molar-refractivity contribution in [1.29, 1.82) is 0 Å². The van der Waals surface area contributed by atoms with Gasteiger partial charge in [0.05, 0.1) is 5.92 Å². The summed E-state index contributed by atoms with van der Waals surface area (Å²) < 4.78 is 13.1. The molecule has 4 nitrogen and oxygen atoms in total. The first kappa shape index (κ1) is 19.4. The van der Waals surface area contributed by atoms with Gasteiger partial charge in [0.1, 0.15) is 5.82 Å². The van der Waals surface area contributed by atoms with E-state index in [2.05, 4.69) is 39.4 Å². The highest BCUT2D eigenvalue weighted by atomic mass is 19.1. The van der Waals surface area contributed by atoms with Crippen LogP contribution in [0.25, 0.3) is 0 Å². The molecule has 2 aromatic carbocycles. The maximum Gasteiger partial charge on any atom is 0.224 e. The van der Waals surface area contributed by atoms with E-state index in [-0.39, 0.29) is 17.6 Å². The van der Waals surface area contributed by atoms with Crippen molar-refractivity contribution in [3.05, 3.63) is 65.5 Å². The first-order valence-electron chi connectivity index (χ1n) is 9.52. The van der Waals surface area contributed by atoms with Crippen molar-refractivity contribution in [2.45, 2.75) is 25.9 Å². The summed E-state index contributed by atoms with van der Waals surface area (Å²) in [6.45, 7) is 3.05. The van der Waals surface area contributed by atoms with Crippen LogP contribution in [-0.4, -0.2) is 38.0 Å². The fourth-order valence-electron chi connectivity index (χ4n) is 3.51. The first-order valence-corrected chi connectivity index (χ1v) is 9.52. The lowest BCUT2D eigenvalue weighted by molar-refractivity contribution is -0.126. The first-order chi connectivity index (χ1) is 13.0. The summed E-state index contributed by atoms with van der Waals surface area (Å²) in [4.78, 5) is 16.9. The van der Waals surface area contributed by atoms with Crippen LogP contribution in [0.2, 0.25) is 0 Å². The molecule has 0 aliphatic carbocycles. The molecule has 1 atom stereocenters. The van der Waals surface area contributed by atoms with Crippen molar-refractivity contribution in [1.82, 2.24) is 10.2 Å². The zero-order valence-corrected chi connectivity index (χ0v) is 16.1. The SMILES string of the molecule is CN(C)c1ccc(CNC(=O)C2CCCN(Cc3ccc(F)cc3)C2)cc1. The molecule has 1 N–H and O–H groups in total. The number of rotatable bonds is 6. The van der Waals surface area contributed by atoms with Crippen LogP contribution < -0.4 is 10.2 Å². The van der Waals surface area contributed by atoms with E-state index < -0.39 is 0 Å². The van der Waals surface area contributed by atoms with Gasteiger partial charge in [0.15, 0.2) is 0 Å². The Morgan fingerprint density at radius 2 is 1.78 bits per heavy atom. The Labute approximate surface area is 161 Å². The fourth-order valence-corrected chi connectivity index (χ4v) is 3.51. The number of amides is 1. The molecule has 3 rings (SSSR count). The molecule has 0 bridgehead atoms. The number of hydrogen-bond donors (Lipinski definition) is 1. The van der Waals surface area contributed by atoms with Gasteiger partial charge < -0.3 is 10.2 Å². The number of carbonyl (C=O) groups is 1. The molecule has 1 saturated heterocycles. The number of anilines is 1. The van der Waals surface area contributed by atoms with Gasteiger partial charge in [0, 0.05) is 39.4 Å². The zero-order chi connectivity index (χ0) is 19.2. The number of likely N-dealkylation sites (tertiary alicyclic amines) is 1. The Hall–Kier alpha value is -2.40. The van der Waals surface area contributed by atoms with Gasteiger partial charge in [-0.15, -0.1) is 0 Å². The van der Waals surface area contributed by atoms with Crippen molar-refractivity contribution >= 4 is 11.6 Å². The average molecular weight is 369 g/mol. The molecule has 1 fully saturated rings. The second kappa shape index (κ2) is 9.00. The van der Waals surface area contributed by atoms with Crippen molar-refractivity contribution in [2.24, 2.45) is 5.92 Å². The third kappa shape index (κ3) is 5.54. The minimum absolute atomic E-state index is 0.0141. The van der Waals surface area contributed by atoms with Crippen LogP contribution in [0.4, 0.5) is 10.1 Å². The molecular weight excluding hydrogens is 341 g/mol. The monoisotopic (exact) mass is 369 g/mol. The molecule has 1 heterocycles. The van der Waals surface area contributed by atoms with Crippen LogP contribution >= 0.6 is 0 Å². The standard InChI is InChI=1S/C22H28FN3O/c1-25(2)21-11-7-17(8-12-21)14-24-22(27)19-4-3-13-26(16-19)15-18-5-9-20(23)10-6-18/h5-12,19H,3-4,13-16H2,1-2H3,(H,24,27). The van der Waals surface area contributed by atoms with E-state index in [1.165, 1.54) is 12.1 Å². The molecule has 1 amide bonds. The fraction of sp³-hybridized carbons (Fsp3) is 0.409. The molecule has 0 aromatic heterocycles. The molecule has 144 valence electrons. The molecule has 5 heteroatoms. The minimum Gasteiger partial charge on any atom is -0.378 e. The third-order valence-corrected chi connectivity index (χ3v) is 5.12. The van der Waals surface area contributed by atoms with Crippen LogP contribution in [0.3, 0.4) is 0 Å². The molecular formula is C22H28FN3O. The van der Waals surface area contributed by atoms with Gasteiger partial charge in [0.2, 0.25) is 5.91 Å². The van der Waals surface area contributed by atoms with E-state index in [0.29, 0.717) is 6.54 Å². The van der Waals surface area contributed by atoms with E-state index in [1.54, 1.807) is 0 Å². The number of carbonyl (C=O) groups excluding carboxylic acids is 1. The highest BCUT2D eigenvalue weighted by Gasteiger charge is 2.25. The molecule has 27 heavy (non-hydrogen) atoms. The van der Waals surface area contributed by atoms with Gasteiger partial charge in [-0.2, -0.15) is 0 Å². The second-order valence-corrected chi connectivity index (χ2v) is 7.48. The van der Waals surface area contributed by atoms with Crippen LogP contribution in [0.5, 0.6) is 0 Å². The summed E-state index contributed by atoms with van der Waals surface area (Å²) in [6, 6.07) is 14.8. The molecule has 1 aliphatic rings. The Bertz CT molecular complexity index is 743. The number of halogens is 1. The van der Waals surface area contributed by atoms with Gasteiger partial charge in [0.25, 0.3) is 0 Å². The minimum atomic E-state index is -0.215. The summed E-state index contributed by atoms with van der Waals surface area (Å²) in [7, 11) is 4.02. The molecule has 1 unspecified atom stereocenters. The predicted molar refractivity (Wildman–Crippen MR) is 107 cm³/mol. The predicted octanol–water partition coefficient (Wildman–Crippen LogP) is 3.42. The molecule has 0 radical (unpaired) electrons. The summed E-state index contributed by atoms with van der Waals surface area (Å²) in [5.41, 5.74) is 3.33. The van der Waals surface area contributed by atoms with Gasteiger partial charge >= 0.3 is 0 Å². The Morgan fingerprint density at radius 3 is 2.44 bits per heavy atom. The van der Waals surface area contributed by atoms with Crippen molar-refractivity contribution in [2.75, 3.05) is 32.1 Å². The van der Waals surface area contributed by atoms with Gasteiger partial charge in [-0.25, -0.2) is 4.39 Å². The van der Waals surface area contributed by atoms with Gasteiger partial charge in [-0.1, -0.05) is 24.3 Å². The van der Waals surface area contributed by atoms with Crippen LogP contribution in [0, 0.1) is 11.7 Å². The maximum absolute atomic E-state index is 13.1. The number of nitrogens with one attached hydrogen (secondary N) is 1. The topological polar surface area (TPSA) is 35.6 Å². The quantitative estimate of drug-likeness (QED) is 0.847. The normalized spacial score (nSPS) is 17.5. The number of nitrogens with zero attached hydrogens (tertiary/aromatic N) is 2. The molecule has 0 spiro atoms. The largest absolute Gasteiger partial charge is 0.378 e. The molecule has 0 saturated carbocycles. The molecule has 2 aromatic rings.